The highest BCUT2D eigenvalue weighted by atomic mass is 35.5. The fraction of sp³-hybridized carbons (Fsp3) is 0.300. The van der Waals surface area contributed by atoms with E-state index in [2.05, 4.69) is 0 Å². The predicted octanol–water partition coefficient (Wildman–Crippen LogP) is 4.54. The third-order valence-electron chi connectivity index (χ3n) is 2.13. The molecule has 0 radical (unpaired) electrons. The van der Waals surface area contributed by atoms with Crippen molar-refractivity contribution in [2.45, 2.75) is 12.4 Å². The molecule has 0 heterocycles. The quantitative estimate of drug-likeness (QED) is 0.585. The van der Waals surface area contributed by atoms with Crippen LogP contribution in [0.1, 0.15) is 5.56 Å². The third kappa shape index (κ3) is 4.17. The fourth-order valence-electron chi connectivity index (χ4n) is 1.33. The van der Waals surface area contributed by atoms with Gasteiger partial charge in [0.2, 0.25) is 6.41 Å². The van der Waals surface area contributed by atoms with Crippen LogP contribution in [0.5, 0.6) is 0 Å². The van der Waals surface area contributed by atoms with Gasteiger partial charge in [-0.15, -0.1) is 0 Å². The molecule has 0 fully saturated rings. The first-order valence-corrected chi connectivity index (χ1v) is 5.56. The Balaban J connectivity index is 3.32. The number of rotatable bonds is 3. The molecule has 0 saturated carbocycles. The van der Waals surface area contributed by atoms with Gasteiger partial charge in [-0.3, -0.25) is 4.79 Å². The highest BCUT2D eigenvalue weighted by molar-refractivity contribution is 6.42. The minimum atomic E-state index is -4.91. The number of hydrogen-bond acceptors (Lipinski definition) is 1. The molecular formula is C10H5Cl2F6NO. The Labute approximate surface area is 118 Å². The fourth-order valence-corrected chi connectivity index (χ4v) is 1.76. The van der Waals surface area contributed by atoms with Gasteiger partial charge in [0.25, 0.3) is 0 Å². The summed E-state index contributed by atoms with van der Waals surface area (Å²) in [4.78, 5) is 10.7. The van der Waals surface area contributed by atoms with Crippen LogP contribution in [-0.4, -0.2) is 19.1 Å². The van der Waals surface area contributed by atoms with Crippen molar-refractivity contribution in [1.82, 2.24) is 0 Å². The lowest BCUT2D eigenvalue weighted by Gasteiger charge is -2.21. The van der Waals surface area contributed by atoms with Crippen LogP contribution < -0.4 is 4.90 Å². The van der Waals surface area contributed by atoms with Crippen molar-refractivity contribution in [2.75, 3.05) is 11.4 Å². The molecule has 0 atom stereocenters. The summed E-state index contributed by atoms with van der Waals surface area (Å²) in [5, 5.41) is -1.45. The Kier molecular flexibility index (Phi) is 4.81. The number of amides is 1. The van der Waals surface area contributed by atoms with Gasteiger partial charge in [-0.2, -0.15) is 26.3 Å². The summed E-state index contributed by atoms with van der Waals surface area (Å²) in [5.74, 6) is 0. The molecule has 1 aromatic carbocycles. The Bertz CT molecular complexity index is 514. The van der Waals surface area contributed by atoms with Crippen molar-refractivity contribution in [3.8, 4) is 0 Å². The molecule has 1 aromatic rings. The van der Waals surface area contributed by atoms with Crippen LogP contribution in [0, 0.1) is 0 Å². The average Bonchev–Trinajstić information content (AvgIpc) is 2.26. The number of benzene rings is 1. The number of alkyl halides is 6. The second kappa shape index (κ2) is 5.69. The van der Waals surface area contributed by atoms with Crippen LogP contribution in [0.15, 0.2) is 12.1 Å². The zero-order chi connectivity index (χ0) is 15.7. The number of carbonyl (C=O) groups is 1. The van der Waals surface area contributed by atoms with Gasteiger partial charge in [-0.25, -0.2) is 0 Å². The van der Waals surface area contributed by atoms with Gasteiger partial charge in [0.1, 0.15) is 6.54 Å². The van der Waals surface area contributed by atoms with E-state index < -0.39 is 40.2 Å². The monoisotopic (exact) mass is 339 g/mol. The van der Waals surface area contributed by atoms with Crippen molar-refractivity contribution >= 4 is 35.3 Å². The molecule has 0 aliphatic rings. The Hall–Kier alpha value is -1.15. The molecule has 20 heavy (non-hydrogen) atoms. The lowest BCUT2D eigenvalue weighted by Crippen LogP contribution is -2.33. The van der Waals surface area contributed by atoms with E-state index in [1.807, 2.05) is 0 Å². The molecule has 0 N–H and O–H groups in total. The van der Waals surface area contributed by atoms with E-state index in [9.17, 15) is 31.1 Å². The lowest BCUT2D eigenvalue weighted by molar-refractivity contribution is -0.137. The first-order valence-electron chi connectivity index (χ1n) is 4.80. The molecular weight excluding hydrogens is 335 g/mol. The van der Waals surface area contributed by atoms with Gasteiger partial charge in [0, 0.05) is 5.69 Å². The van der Waals surface area contributed by atoms with Crippen LogP contribution in [0.2, 0.25) is 10.0 Å². The zero-order valence-corrected chi connectivity index (χ0v) is 10.8. The van der Waals surface area contributed by atoms with Crippen LogP contribution >= 0.6 is 23.2 Å². The second-order valence-electron chi connectivity index (χ2n) is 3.64. The lowest BCUT2D eigenvalue weighted by atomic mass is 10.1. The maximum atomic E-state index is 12.6. The molecule has 10 heteroatoms. The Morgan fingerprint density at radius 1 is 1.10 bits per heavy atom. The van der Waals surface area contributed by atoms with E-state index in [1.54, 1.807) is 0 Å². The summed E-state index contributed by atoms with van der Waals surface area (Å²) >= 11 is 10.8. The highest BCUT2D eigenvalue weighted by Gasteiger charge is 2.36. The average molecular weight is 340 g/mol. The van der Waals surface area contributed by atoms with Gasteiger partial charge in [-0.1, -0.05) is 23.2 Å². The molecule has 0 spiro atoms. The number of anilines is 1. The molecule has 0 aliphatic carbocycles. The topological polar surface area (TPSA) is 20.3 Å². The molecule has 0 aromatic heterocycles. The van der Waals surface area contributed by atoms with E-state index in [-0.39, 0.29) is 11.3 Å². The van der Waals surface area contributed by atoms with Gasteiger partial charge in [-0.05, 0) is 12.1 Å². The number of carbonyl (C=O) groups excluding carboxylic acids is 1. The summed E-state index contributed by atoms with van der Waals surface area (Å²) in [6.45, 7) is -1.74. The maximum absolute atomic E-state index is 12.6. The predicted molar refractivity (Wildman–Crippen MR) is 60.9 cm³/mol. The molecule has 112 valence electrons. The molecule has 0 aliphatic heterocycles. The first-order chi connectivity index (χ1) is 8.95. The smallest absolute Gasteiger partial charge is 0.306 e. The number of hydrogen-bond donors (Lipinski definition) is 0. The second-order valence-corrected chi connectivity index (χ2v) is 4.42. The largest absolute Gasteiger partial charge is 0.417 e. The van der Waals surface area contributed by atoms with Crippen LogP contribution in [0.4, 0.5) is 32.0 Å². The SMILES string of the molecule is O=CN(CC(F)(F)F)c1cc(Cl)c(Cl)c(C(F)(F)F)c1. The van der Waals surface area contributed by atoms with E-state index in [4.69, 9.17) is 23.2 Å². The van der Waals surface area contributed by atoms with E-state index in [0.717, 1.165) is 6.07 Å². The Morgan fingerprint density at radius 2 is 1.65 bits per heavy atom. The van der Waals surface area contributed by atoms with Crippen LogP contribution in [-0.2, 0) is 11.0 Å². The van der Waals surface area contributed by atoms with E-state index in [1.165, 1.54) is 0 Å². The molecule has 1 amide bonds. The molecule has 0 unspecified atom stereocenters. The summed E-state index contributed by atoms with van der Waals surface area (Å²) in [6.07, 6.45) is -9.93. The molecule has 2 nitrogen and oxygen atoms in total. The molecule has 0 bridgehead atoms. The van der Waals surface area contributed by atoms with E-state index >= 15 is 0 Å². The number of halogens is 8. The van der Waals surface area contributed by atoms with Crippen molar-refractivity contribution in [1.29, 1.82) is 0 Å². The van der Waals surface area contributed by atoms with Crippen molar-refractivity contribution in [3.63, 3.8) is 0 Å². The van der Waals surface area contributed by atoms with Crippen molar-refractivity contribution in [3.05, 3.63) is 27.7 Å². The normalized spacial score (nSPS) is 12.4. The summed E-state index contributed by atoms with van der Waals surface area (Å²) < 4.78 is 74.6. The zero-order valence-electron chi connectivity index (χ0n) is 9.32. The van der Waals surface area contributed by atoms with Crippen LogP contribution in [0.25, 0.3) is 0 Å². The van der Waals surface area contributed by atoms with E-state index in [0.29, 0.717) is 6.07 Å². The van der Waals surface area contributed by atoms with Gasteiger partial charge in [0.05, 0.1) is 15.6 Å². The number of nitrogens with zero attached hydrogens (tertiary/aromatic N) is 1. The third-order valence-corrected chi connectivity index (χ3v) is 2.93. The highest BCUT2D eigenvalue weighted by Crippen LogP contribution is 2.41. The summed E-state index contributed by atoms with van der Waals surface area (Å²) in [7, 11) is 0. The maximum Gasteiger partial charge on any atom is 0.417 e. The molecule has 1 rings (SSSR count). The van der Waals surface area contributed by atoms with Gasteiger partial charge in [0.15, 0.2) is 0 Å². The minimum absolute atomic E-state index is 0.0530. The molecule has 0 saturated heterocycles. The standard InChI is InChI=1S/C10H5Cl2F6NO/c11-7-2-5(19(4-20)3-9(13,14)15)1-6(8(7)12)10(16,17)18/h1-2,4H,3H2. The van der Waals surface area contributed by atoms with Crippen molar-refractivity contribution in [2.24, 2.45) is 0 Å². The van der Waals surface area contributed by atoms with Gasteiger partial charge >= 0.3 is 12.4 Å². The van der Waals surface area contributed by atoms with Crippen LogP contribution in [0.3, 0.4) is 0 Å². The summed E-state index contributed by atoms with van der Waals surface area (Å²) in [5.41, 5.74) is -2.07. The minimum Gasteiger partial charge on any atom is -0.306 e. The Morgan fingerprint density at radius 3 is 2.05 bits per heavy atom. The van der Waals surface area contributed by atoms with Gasteiger partial charge < -0.3 is 4.90 Å². The summed E-state index contributed by atoms with van der Waals surface area (Å²) in [6, 6.07) is 1.08. The first kappa shape index (κ1) is 16.9. The van der Waals surface area contributed by atoms with Crippen molar-refractivity contribution < 1.29 is 31.1 Å².